The zero-order valence-electron chi connectivity index (χ0n) is 9.40. The van der Waals surface area contributed by atoms with Crippen molar-refractivity contribution in [3.8, 4) is 0 Å². The molecule has 2 nitrogen and oxygen atoms in total. The molecular formula is C11H17F3O2. The summed E-state index contributed by atoms with van der Waals surface area (Å²) < 4.78 is 40.8. The van der Waals surface area contributed by atoms with Crippen molar-refractivity contribution < 1.29 is 22.7 Å². The number of carbonyl (C=O) groups is 1. The zero-order valence-corrected chi connectivity index (χ0v) is 9.40. The zero-order chi connectivity index (χ0) is 12.2. The molecule has 0 aromatic carbocycles. The lowest BCUT2D eigenvalue weighted by molar-refractivity contribution is -0.139. The first-order valence-corrected chi connectivity index (χ1v) is 5.50. The van der Waals surface area contributed by atoms with Gasteiger partial charge in [-0.3, -0.25) is 4.79 Å². The molecule has 1 fully saturated rings. The smallest absolute Gasteiger partial charge is 0.378 e. The van der Waals surface area contributed by atoms with E-state index in [1.807, 2.05) is 0 Å². The molecule has 0 amide bonds. The van der Waals surface area contributed by atoms with Crippen molar-refractivity contribution in [2.75, 3.05) is 7.11 Å². The van der Waals surface area contributed by atoms with E-state index in [9.17, 15) is 18.0 Å². The summed E-state index contributed by atoms with van der Waals surface area (Å²) in [6.07, 6.45) is -2.16. The minimum atomic E-state index is -4.16. The third-order valence-electron chi connectivity index (χ3n) is 3.13. The predicted octanol–water partition coefficient (Wildman–Crippen LogP) is 3.25. The van der Waals surface area contributed by atoms with E-state index in [-0.39, 0.29) is 30.6 Å². The molecule has 1 saturated carbocycles. The van der Waals surface area contributed by atoms with Gasteiger partial charge < -0.3 is 4.74 Å². The number of ether oxygens (including phenoxy) is 1. The molecule has 0 heterocycles. The lowest BCUT2D eigenvalue weighted by atomic mass is 9.76. The van der Waals surface area contributed by atoms with Gasteiger partial charge in [0.1, 0.15) is 5.78 Å². The summed E-state index contributed by atoms with van der Waals surface area (Å²) in [5, 5.41) is 0. The Labute approximate surface area is 93.2 Å². The third kappa shape index (κ3) is 4.12. The molecule has 1 rings (SSSR count). The van der Waals surface area contributed by atoms with Gasteiger partial charge in [-0.25, -0.2) is 0 Å². The molecule has 0 aromatic heterocycles. The van der Waals surface area contributed by atoms with Gasteiger partial charge in [0.15, 0.2) is 0 Å². The van der Waals surface area contributed by atoms with Crippen LogP contribution in [-0.2, 0) is 9.53 Å². The maximum atomic E-state index is 11.9. The third-order valence-corrected chi connectivity index (χ3v) is 3.13. The topological polar surface area (TPSA) is 26.3 Å². The van der Waals surface area contributed by atoms with Crippen LogP contribution in [-0.4, -0.2) is 24.7 Å². The highest BCUT2D eigenvalue weighted by Crippen LogP contribution is 2.38. The van der Waals surface area contributed by atoms with E-state index < -0.39 is 12.6 Å². The highest BCUT2D eigenvalue weighted by atomic mass is 19.4. The van der Waals surface area contributed by atoms with Crippen molar-refractivity contribution in [2.45, 2.75) is 56.7 Å². The van der Waals surface area contributed by atoms with Crippen LogP contribution in [0.1, 0.15) is 44.9 Å². The minimum Gasteiger partial charge on any atom is -0.378 e. The second-order valence-corrected chi connectivity index (χ2v) is 4.42. The Balaban J connectivity index is 2.21. The van der Waals surface area contributed by atoms with Crippen LogP contribution in [0, 0.1) is 0 Å². The fourth-order valence-electron chi connectivity index (χ4n) is 1.96. The lowest BCUT2D eigenvalue weighted by Gasteiger charge is -2.40. The van der Waals surface area contributed by atoms with Crippen molar-refractivity contribution in [1.82, 2.24) is 0 Å². The normalized spacial score (nSPS) is 19.2. The molecule has 5 heteroatoms. The first kappa shape index (κ1) is 13.5. The Morgan fingerprint density at radius 1 is 1.38 bits per heavy atom. The maximum Gasteiger partial charge on any atom is 0.389 e. The second-order valence-electron chi connectivity index (χ2n) is 4.42. The molecule has 0 atom stereocenters. The fraction of sp³-hybridized carbons (Fsp3) is 0.909. The van der Waals surface area contributed by atoms with Crippen LogP contribution in [0.4, 0.5) is 13.2 Å². The number of halogens is 3. The van der Waals surface area contributed by atoms with E-state index in [1.165, 1.54) is 0 Å². The molecule has 1 aliphatic carbocycles. The summed E-state index contributed by atoms with van der Waals surface area (Å²) in [5.74, 6) is -0.120. The van der Waals surface area contributed by atoms with Gasteiger partial charge in [0, 0.05) is 26.4 Å². The molecule has 0 aliphatic heterocycles. The van der Waals surface area contributed by atoms with Gasteiger partial charge >= 0.3 is 6.18 Å². The van der Waals surface area contributed by atoms with Crippen LogP contribution in [0.15, 0.2) is 0 Å². The van der Waals surface area contributed by atoms with Gasteiger partial charge in [-0.05, 0) is 25.7 Å². The van der Waals surface area contributed by atoms with Gasteiger partial charge in [0.05, 0.1) is 5.60 Å². The van der Waals surface area contributed by atoms with Gasteiger partial charge in [0.25, 0.3) is 0 Å². The van der Waals surface area contributed by atoms with Crippen molar-refractivity contribution >= 4 is 5.78 Å². The molecule has 0 aromatic rings. The van der Waals surface area contributed by atoms with Crippen molar-refractivity contribution in [2.24, 2.45) is 0 Å². The molecule has 94 valence electrons. The summed E-state index contributed by atoms with van der Waals surface area (Å²) in [7, 11) is 1.56. The van der Waals surface area contributed by atoms with Crippen LogP contribution in [0.3, 0.4) is 0 Å². The highest BCUT2D eigenvalue weighted by molar-refractivity contribution is 5.79. The van der Waals surface area contributed by atoms with Gasteiger partial charge in [0.2, 0.25) is 0 Å². The van der Waals surface area contributed by atoms with Crippen molar-refractivity contribution in [3.05, 3.63) is 0 Å². The number of Topliss-reactive ketones (excluding diaryl/α,β-unsaturated/α-hetero) is 1. The van der Waals surface area contributed by atoms with E-state index in [1.54, 1.807) is 7.11 Å². The predicted molar refractivity (Wildman–Crippen MR) is 53.1 cm³/mol. The Hall–Kier alpha value is -0.580. The van der Waals surface area contributed by atoms with E-state index in [2.05, 4.69) is 0 Å². The Kier molecular flexibility index (Phi) is 4.35. The number of ketones is 1. The average Bonchev–Trinajstić information content (AvgIpc) is 2.09. The Morgan fingerprint density at radius 3 is 2.38 bits per heavy atom. The second kappa shape index (κ2) is 5.17. The van der Waals surface area contributed by atoms with Crippen LogP contribution in [0.25, 0.3) is 0 Å². The first-order valence-electron chi connectivity index (χ1n) is 5.50. The largest absolute Gasteiger partial charge is 0.389 e. The monoisotopic (exact) mass is 238 g/mol. The molecule has 0 N–H and O–H groups in total. The summed E-state index contributed by atoms with van der Waals surface area (Å²) in [4.78, 5) is 11.4. The van der Waals surface area contributed by atoms with E-state index in [4.69, 9.17) is 4.74 Å². The summed E-state index contributed by atoms with van der Waals surface area (Å²) in [6, 6.07) is 0. The molecule has 16 heavy (non-hydrogen) atoms. The Morgan fingerprint density at radius 2 is 2.00 bits per heavy atom. The van der Waals surface area contributed by atoms with Crippen LogP contribution in [0.5, 0.6) is 0 Å². The molecule has 0 spiro atoms. The quantitative estimate of drug-likeness (QED) is 0.710. The van der Waals surface area contributed by atoms with Crippen LogP contribution < -0.4 is 0 Å². The Bertz CT molecular complexity index is 239. The van der Waals surface area contributed by atoms with Crippen LogP contribution >= 0.6 is 0 Å². The van der Waals surface area contributed by atoms with Crippen molar-refractivity contribution in [3.63, 3.8) is 0 Å². The molecule has 0 saturated heterocycles. The fourth-order valence-corrected chi connectivity index (χ4v) is 1.96. The number of carbonyl (C=O) groups excluding carboxylic acids is 1. The molecular weight excluding hydrogens is 221 g/mol. The average molecular weight is 238 g/mol. The molecule has 0 bridgehead atoms. The molecule has 0 unspecified atom stereocenters. The first-order chi connectivity index (χ1) is 7.37. The number of hydrogen-bond donors (Lipinski definition) is 0. The summed E-state index contributed by atoms with van der Waals surface area (Å²) >= 11 is 0. The van der Waals surface area contributed by atoms with E-state index >= 15 is 0 Å². The van der Waals surface area contributed by atoms with E-state index in [0.29, 0.717) is 0 Å². The number of methoxy groups -OCH3 is 1. The van der Waals surface area contributed by atoms with Gasteiger partial charge in [-0.15, -0.1) is 0 Å². The van der Waals surface area contributed by atoms with Crippen LogP contribution in [0.2, 0.25) is 0 Å². The minimum absolute atomic E-state index is 0.00458. The highest BCUT2D eigenvalue weighted by Gasteiger charge is 2.38. The number of rotatable bonds is 6. The standard InChI is InChI=1S/C11H17F3O2/c1-16-10(5-3-6-10)8-9(15)4-2-7-11(12,13)14/h2-8H2,1H3. The van der Waals surface area contributed by atoms with Crippen molar-refractivity contribution in [1.29, 1.82) is 0 Å². The SMILES string of the molecule is COC1(CC(=O)CCCC(F)(F)F)CCC1. The summed E-state index contributed by atoms with van der Waals surface area (Å²) in [6.45, 7) is 0. The molecule has 0 radical (unpaired) electrons. The number of hydrogen-bond acceptors (Lipinski definition) is 2. The van der Waals surface area contributed by atoms with E-state index in [0.717, 1.165) is 19.3 Å². The lowest BCUT2D eigenvalue weighted by Crippen LogP contribution is -2.41. The van der Waals surface area contributed by atoms with Gasteiger partial charge in [-0.2, -0.15) is 13.2 Å². The maximum absolute atomic E-state index is 11.9. The molecule has 1 aliphatic rings. The van der Waals surface area contributed by atoms with Gasteiger partial charge in [-0.1, -0.05) is 0 Å². The summed E-state index contributed by atoms with van der Waals surface area (Å²) in [5.41, 5.74) is -0.366. The number of alkyl halides is 3.